The van der Waals surface area contributed by atoms with Crippen LogP contribution in [-0.2, 0) is 4.79 Å². The van der Waals surface area contributed by atoms with Crippen LogP contribution in [0.1, 0.15) is 51.4 Å². The molecule has 2 rings (SSSR count). The molecule has 1 amide bonds. The minimum Gasteiger partial charge on any atom is -0.345 e. The third-order valence-corrected chi connectivity index (χ3v) is 5.04. The third-order valence-electron chi connectivity index (χ3n) is 4.29. The average Bonchev–Trinajstić information content (AvgIpc) is 2.54. The highest BCUT2D eigenvalue weighted by molar-refractivity contribution is 9.09. The zero-order valence-corrected chi connectivity index (χ0v) is 12.4. The number of hydrogen-bond donors (Lipinski definition) is 0. The molecule has 0 N–H and O–H groups in total. The number of carbonyl (C=O) groups excluding carboxylic acids is 1. The Kier molecular flexibility index (Phi) is 4.89. The Morgan fingerprint density at radius 2 is 1.76 bits per heavy atom. The Morgan fingerprint density at radius 1 is 1.18 bits per heavy atom. The van der Waals surface area contributed by atoms with Gasteiger partial charge in [0.05, 0.1) is 0 Å². The molecular weight excluding hydrogens is 278 g/mol. The summed E-state index contributed by atoms with van der Waals surface area (Å²) in [6, 6.07) is 0. The van der Waals surface area contributed by atoms with Crippen LogP contribution in [0, 0.1) is 11.8 Å². The van der Waals surface area contributed by atoms with Gasteiger partial charge in [0.2, 0.25) is 5.91 Å². The molecule has 0 saturated heterocycles. The smallest absolute Gasteiger partial charge is 0.225 e. The van der Waals surface area contributed by atoms with Crippen LogP contribution in [0.25, 0.3) is 0 Å². The number of nitrogens with zero attached hydrogens (tertiary/aromatic N) is 1. The number of hydrogen-bond acceptors (Lipinski definition) is 1. The maximum Gasteiger partial charge on any atom is 0.225 e. The molecule has 2 nitrogen and oxygen atoms in total. The van der Waals surface area contributed by atoms with Crippen LogP contribution in [0.3, 0.4) is 0 Å². The van der Waals surface area contributed by atoms with Crippen molar-refractivity contribution in [2.75, 3.05) is 13.6 Å². The molecule has 0 radical (unpaired) electrons. The normalized spacial score (nSPS) is 30.5. The largest absolute Gasteiger partial charge is 0.345 e. The van der Waals surface area contributed by atoms with Crippen LogP contribution >= 0.6 is 15.9 Å². The van der Waals surface area contributed by atoms with Gasteiger partial charge in [-0.2, -0.15) is 0 Å². The second-order valence-corrected chi connectivity index (χ2v) is 7.14. The highest BCUT2D eigenvalue weighted by Crippen LogP contribution is 2.34. The van der Waals surface area contributed by atoms with Gasteiger partial charge < -0.3 is 4.90 Å². The van der Waals surface area contributed by atoms with Crippen molar-refractivity contribution in [3.63, 3.8) is 0 Å². The Balaban J connectivity index is 1.77. The molecule has 2 aliphatic carbocycles. The summed E-state index contributed by atoms with van der Waals surface area (Å²) in [4.78, 5) is 15.0. The lowest BCUT2D eigenvalue weighted by Gasteiger charge is -2.35. The topological polar surface area (TPSA) is 20.3 Å². The van der Waals surface area contributed by atoms with Crippen LogP contribution in [0.15, 0.2) is 0 Å². The fourth-order valence-corrected chi connectivity index (χ4v) is 4.18. The van der Waals surface area contributed by atoms with E-state index in [2.05, 4.69) is 15.9 Å². The molecule has 98 valence electrons. The Labute approximate surface area is 113 Å². The SMILES string of the molecule is CN(CC1CC(Br)C1)C(=O)C1CCCCCC1. The van der Waals surface area contributed by atoms with E-state index in [1.54, 1.807) is 0 Å². The number of rotatable bonds is 3. The van der Waals surface area contributed by atoms with E-state index in [0.29, 0.717) is 16.7 Å². The van der Waals surface area contributed by atoms with Crippen molar-refractivity contribution in [2.45, 2.75) is 56.2 Å². The number of carbonyl (C=O) groups is 1. The fraction of sp³-hybridized carbons (Fsp3) is 0.929. The molecule has 0 unspecified atom stereocenters. The molecule has 2 aliphatic rings. The van der Waals surface area contributed by atoms with E-state index in [1.165, 1.54) is 38.5 Å². The average molecular weight is 302 g/mol. The first-order chi connectivity index (χ1) is 8.16. The van der Waals surface area contributed by atoms with E-state index >= 15 is 0 Å². The van der Waals surface area contributed by atoms with E-state index in [1.807, 2.05) is 11.9 Å². The van der Waals surface area contributed by atoms with Crippen LogP contribution in [0.2, 0.25) is 0 Å². The molecule has 3 heteroatoms. The quantitative estimate of drug-likeness (QED) is 0.576. The minimum absolute atomic E-state index is 0.322. The summed E-state index contributed by atoms with van der Waals surface area (Å²) in [6.45, 7) is 0.970. The summed E-state index contributed by atoms with van der Waals surface area (Å²) in [5, 5.41) is 0. The van der Waals surface area contributed by atoms with Crippen LogP contribution in [0.4, 0.5) is 0 Å². The maximum atomic E-state index is 12.3. The monoisotopic (exact) mass is 301 g/mol. The molecule has 0 aromatic rings. The maximum absolute atomic E-state index is 12.3. The molecule has 2 fully saturated rings. The molecule has 0 bridgehead atoms. The third kappa shape index (κ3) is 3.70. The first-order valence-corrected chi connectivity index (χ1v) is 7.97. The summed E-state index contributed by atoms with van der Waals surface area (Å²) in [6.07, 6.45) is 9.85. The molecule has 2 saturated carbocycles. The van der Waals surface area contributed by atoms with Crippen molar-refractivity contribution in [1.29, 1.82) is 0 Å². The lowest BCUT2D eigenvalue weighted by Crippen LogP contribution is -2.40. The van der Waals surface area contributed by atoms with E-state index in [4.69, 9.17) is 0 Å². The number of amides is 1. The van der Waals surface area contributed by atoms with Gasteiger partial charge in [0, 0.05) is 24.3 Å². The minimum atomic E-state index is 0.322. The van der Waals surface area contributed by atoms with Gasteiger partial charge in [0.25, 0.3) is 0 Å². The first-order valence-electron chi connectivity index (χ1n) is 7.06. The Bertz CT molecular complexity index is 255. The van der Waals surface area contributed by atoms with Gasteiger partial charge in [-0.1, -0.05) is 41.6 Å². The van der Waals surface area contributed by atoms with Gasteiger partial charge in [0.1, 0.15) is 0 Å². The summed E-state index contributed by atoms with van der Waals surface area (Å²) in [5.74, 6) is 1.46. The molecule has 0 spiro atoms. The molecule has 0 aromatic carbocycles. The molecule has 17 heavy (non-hydrogen) atoms. The second kappa shape index (κ2) is 6.21. The summed E-state index contributed by atoms with van der Waals surface area (Å²) in [5.41, 5.74) is 0. The molecule has 0 aromatic heterocycles. The van der Waals surface area contributed by atoms with Crippen molar-refractivity contribution >= 4 is 21.8 Å². The van der Waals surface area contributed by atoms with Crippen LogP contribution in [-0.4, -0.2) is 29.2 Å². The van der Waals surface area contributed by atoms with Crippen LogP contribution in [0.5, 0.6) is 0 Å². The van der Waals surface area contributed by atoms with Crippen LogP contribution < -0.4 is 0 Å². The molecular formula is C14H24BrNO. The van der Waals surface area contributed by atoms with Crippen molar-refractivity contribution in [3.8, 4) is 0 Å². The number of alkyl halides is 1. The lowest BCUT2D eigenvalue weighted by atomic mass is 9.84. The van der Waals surface area contributed by atoms with Gasteiger partial charge >= 0.3 is 0 Å². The van der Waals surface area contributed by atoms with E-state index < -0.39 is 0 Å². The van der Waals surface area contributed by atoms with E-state index in [0.717, 1.165) is 25.3 Å². The number of halogens is 1. The van der Waals surface area contributed by atoms with Crippen molar-refractivity contribution in [2.24, 2.45) is 11.8 Å². The predicted molar refractivity (Wildman–Crippen MR) is 74.3 cm³/mol. The summed E-state index contributed by atoms with van der Waals surface area (Å²) in [7, 11) is 1.99. The standard InChI is InChI=1S/C14H24BrNO/c1-16(10-11-8-13(15)9-11)14(17)12-6-4-2-3-5-7-12/h11-13H,2-10H2,1H3. The van der Waals surface area contributed by atoms with Gasteiger partial charge in [-0.3, -0.25) is 4.79 Å². The van der Waals surface area contributed by atoms with Gasteiger partial charge in [-0.15, -0.1) is 0 Å². The summed E-state index contributed by atoms with van der Waals surface area (Å²) >= 11 is 3.61. The zero-order chi connectivity index (χ0) is 12.3. The molecule has 0 atom stereocenters. The Morgan fingerprint density at radius 3 is 2.29 bits per heavy atom. The summed E-state index contributed by atoms with van der Waals surface area (Å²) < 4.78 is 0. The second-order valence-electron chi connectivity index (χ2n) is 5.84. The predicted octanol–water partition coefficient (Wildman–Crippen LogP) is 3.59. The van der Waals surface area contributed by atoms with Gasteiger partial charge in [0.15, 0.2) is 0 Å². The fourth-order valence-electron chi connectivity index (χ4n) is 3.12. The zero-order valence-electron chi connectivity index (χ0n) is 10.8. The van der Waals surface area contributed by atoms with Gasteiger partial charge in [-0.05, 0) is 31.6 Å². The molecule has 0 heterocycles. The Hall–Kier alpha value is -0.0500. The van der Waals surface area contributed by atoms with E-state index in [-0.39, 0.29) is 0 Å². The first kappa shape index (κ1) is 13.4. The highest BCUT2D eigenvalue weighted by atomic mass is 79.9. The lowest BCUT2D eigenvalue weighted by molar-refractivity contribution is -0.135. The molecule has 0 aliphatic heterocycles. The van der Waals surface area contributed by atoms with Crippen molar-refractivity contribution in [1.82, 2.24) is 4.90 Å². The van der Waals surface area contributed by atoms with Crippen molar-refractivity contribution < 1.29 is 4.79 Å². The van der Waals surface area contributed by atoms with Gasteiger partial charge in [-0.25, -0.2) is 0 Å². The van der Waals surface area contributed by atoms with Crippen molar-refractivity contribution in [3.05, 3.63) is 0 Å². The van der Waals surface area contributed by atoms with E-state index in [9.17, 15) is 4.79 Å². The highest BCUT2D eigenvalue weighted by Gasteiger charge is 2.30.